The molecule has 1 unspecified atom stereocenters. The first-order valence-electron chi connectivity index (χ1n) is 7.04. The first kappa shape index (κ1) is 18.5. The number of carbonyl (C=O) groups is 1. The highest BCUT2D eigenvalue weighted by Gasteiger charge is 2.55. The van der Waals surface area contributed by atoms with E-state index in [2.05, 4.69) is 21.2 Å². The van der Waals surface area contributed by atoms with Crippen LogP contribution in [-0.2, 0) is 11.2 Å². The molecule has 0 fully saturated rings. The zero-order valence-corrected chi connectivity index (χ0v) is 14.3. The monoisotopic (exact) mass is 401 g/mol. The minimum Gasteiger partial charge on any atom is -0.373 e. The molecular formula is C17H15BrF3NO2. The Bertz CT molecular complexity index is 730. The van der Waals surface area contributed by atoms with Crippen LogP contribution in [-0.4, -0.2) is 22.8 Å². The Morgan fingerprint density at radius 3 is 2.29 bits per heavy atom. The standard InChI is InChI=1S/C17H15BrF3NO2/c1-16(24,17(19,20)21)15(23)22-14-8-7-12(10-13(14)18)9-11-5-3-2-4-6-11/h2-8,10,24H,9H2,1H3,(H,22,23). The van der Waals surface area contributed by atoms with E-state index in [-0.39, 0.29) is 5.69 Å². The van der Waals surface area contributed by atoms with E-state index in [0.717, 1.165) is 11.1 Å². The predicted octanol–water partition coefficient (Wildman–Crippen LogP) is 4.29. The van der Waals surface area contributed by atoms with E-state index in [1.54, 1.807) is 12.1 Å². The number of amides is 1. The van der Waals surface area contributed by atoms with Gasteiger partial charge in [-0.05, 0) is 52.5 Å². The van der Waals surface area contributed by atoms with E-state index in [0.29, 0.717) is 17.8 Å². The zero-order chi connectivity index (χ0) is 18.0. The number of carbonyl (C=O) groups excluding carboxylic acids is 1. The Labute approximate surface area is 145 Å². The minimum absolute atomic E-state index is 0.154. The fourth-order valence-electron chi connectivity index (χ4n) is 1.97. The summed E-state index contributed by atoms with van der Waals surface area (Å²) in [5, 5.41) is 11.5. The molecule has 2 aromatic rings. The summed E-state index contributed by atoms with van der Waals surface area (Å²) in [6, 6.07) is 14.6. The van der Waals surface area contributed by atoms with E-state index in [1.807, 2.05) is 30.3 Å². The van der Waals surface area contributed by atoms with Crippen molar-refractivity contribution in [2.75, 3.05) is 5.32 Å². The van der Waals surface area contributed by atoms with E-state index in [9.17, 15) is 23.1 Å². The van der Waals surface area contributed by atoms with Gasteiger partial charge in [0.15, 0.2) is 0 Å². The van der Waals surface area contributed by atoms with Gasteiger partial charge in [0.1, 0.15) is 0 Å². The average molecular weight is 402 g/mol. The molecule has 0 aliphatic rings. The number of hydrogen-bond donors (Lipinski definition) is 2. The normalized spacial score (nSPS) is 14.1. The third-order valence-electron chi connectivity index (χ3n) is 3.53. The third kappa shape index (κ3) is 4.15. The maximum Gasteiger partial charge on any atom is 0.426 e. The van der Waals surface area contributed by atoms with Crippen molar-refractivity contribution in [2.45, 2.75) is 25.1 Å². The van der Waals surface area contributed by atoms with Gasteiger partial charge in [-0.2, -0.15) is 13.2 Å². The molecule has 0 bridgehead atoms. The second-order valence-electron chi connectivity index (χ2n) is 5.50. The van der Waals surface area contributed by atoms with E-state index in [4.69, 9.17) is 0 Å². The van der Waals surface area contributed by atoms with E-state index in [1.165, 1.54) is 6.07 Å². The van der Waals surface area contributed by atoms with Gasteiger partial charge in [0.25, 0.3) is 5.91 Å². The first-order chi connectivity index (χ1) is 11.1. The summed E-state index contributed by atoms with van der Waals surface area (Å²) in [6.45, 7) is 0.417. The Morgan fingerprint density at radius 2 is 1.75 bits per heavy atom. The van der Waals surface area contributed by atoms with Crippen LogP contribution in [0.3, 0.4) is 0 Å². The van der Waals surface area contributed by atoms with Crippen molar-refractivity contribution in [3.8, 4) is 0 Å². The molecule has 2 N–H and O–H groups in total. The molecule has 2 rings (SSSR count). The predicted molar refractivity (Wildman–Crippen MR) is 88.7 cm³/mol. The van der Waals surface area contributed by atoms with Crippen molar-refractivity contribution in [3.05, 3.63) is 64.1 Å². The molecule has 1 atom stereocenters. The molecule has 3 nitrogen and oxygen atoms in total. The second-order valence-corrected chi connectivity index (χ2v) is 6.36. The molecule has 1 amide bonds. The average Bonchev–Trinajstić information content (AvgIpc) is 2.49. The summed E-state index contributed by atoms with van der Waals surface area (Å²) in [4.78, 5) is 11.7. The van der Waals surface area contributed by atoms with Crippen LogP contribution in [0.25, 0.3) is 0 Å². The lowest BCUT2D eigenvalue weighted by atomic mass is 10.0. The molecule has 0 aliphatic heterocycles. The highest BCUT2D eigenvalue weighted by atomic mass is 79.9. The second kappa shape index (κ2) is 6.94. The molecular weight excluding hydrogens is 387 g/mol. The number of alkyl halides is 3. The van der Waals surface area contributed by atoms with Gasteiger partial charge in [-0.15, -0.1) is 0 Å². The van der Waals surface area contributed by atoms with Crippen molar-refractivity contribution in [3.63, 3.8) is 0 Å². The lowest BCUT2D eigenvalue weighted by Gasteiger charge is -2.25. The van der Waals surface area contributed by atoms with Gasteiger partial charge in [-0.25, -0.2) is 0 Å². The van der Waals surface area contributed by atoms with Crippen LogP contribution in [0.2, 0.25) is 0 Å². The largest absolute Gasteiger partial charge is 0.426 e. The van der Waals surface area contributed by atoms with Gasteiger partial charge in [0.05, 0.1) is 5.69 Å². The topological polar surface area (TPSA) is 49.3 Å². The third-order valence-corrected chi connectivity index (χ3v) is 4.18. The van der Waals surface area contributed by atoms with Gasteiger partial charge >= 0.3 is 6.18 Å². The Morgan fingerprint density at radius 1 is 1.12 bits per heavy atom. The van der Waals surface area contributed by atoms with Crippen molar-refractivity contribution >= 4 is 27.5 Å². The van der Waals surface area contributed by atoms with Gasteiger partial charge in [-0.3, -0.25) is 4.79 Å². The molecule has 128 valence electrons. The van der Waals surface area contributed by atoms with Crippen molar-refractivity contribution in [1.29, 1.82) is 0 Å². The van der Waals surface area contributed by atoms with E-state index >= 15 is 0 Å². The summed E-state index contributed by atoms with van der Waals surface area (Å²) >= 11 is 3.23. The number of aliphatic hydroxyl groups is 1. The molecule has 0 saturated heterocycles. The Kier molecular flexibility index (Phi) is 5.35. The lowest BCUT2D eigenvalue weighted by Crippen LogP contribution is -2.52. The lowest BCUT2D eigenvalue weighted by molar-refractivity contribution is -0.242. The maximum absolute atomic E-state index is 12.7. The minimum atomic E-state index is -5.06. The molecule has 0 spiro atoms. The van der Waals surface area contributed by atoms with Crippen LogP contribution in [0.15, 0.2) is 53.0 Å². The molecule has 24 heavy (non-hydrogen) atoms. The summed E-state index contributed by atoms with van der Waals surface area (Å²) in [5.74, 6) is -1.54. The van der Waals surface area contributed by atoms with Gasteiger partial charge < -0.3 is 10.4 Å². The SMILES string of the molecule is CC(O)(C(=O)Nc1ccc(Cc2ccccc2)cc1Br)C(F)(F)F. The number of halogens is 4. The molecule has 2 aromatic carbocycles. The number of nitrogens with one attached hydrogen (secondary N) is 1. The molecule has 0 heterocycles. The van der Waals surface area contributed by atoms with Crippen molar-refractivity contribution < 1.29 is 23.1 Å². The molecule has 0 aliphatic carbocycles. The summed E-state index contributed by atoms with van der Waals surface area (Å²) in [5.41, 5.74) is -1.30. The molecule has 0 radical (unpaired) electrons. The molecule has 0 saturated carbocycles. The van der Waals surface area contributed by atoms with Gasteiger partial charge in [0.2, 0.25) is 5.60 Å². The summed E-state index contributed by atoms with van der Waals surface area (Å²) < 4.78 is 38.4. The highest BCUT2D eigenvalue weighted by molar-refractivity contribution is 9.10. The van der Waals surface area contributed by atoms with Crippen LogP contribution in [0.5, 0.6) is 0 Å². The number of hydrogen-bond acceptors (Lipinski definition) is 2. The summed E-state index contributed by atoms with van der Waals surface area (Å²) in [7, 11) is 0. The highest BCUT2D eigenvalue weighted by Crippen LogP contribution is 2.32. The number of rotatable bonds is 4. The smallest absolute Gasteiger partial charge is 0.373 e. The van der Waals surface area contributed by atoms with Crippen LogP contribution in [0.4, 0.5) is 18.9 Å². The van der Waals surface area contributed by atoms with Crippen LogP contribution < -0.4 is 5.32 Å². The Balaban J connectivity index is 2.14. The number of benzene rings is 2. The maximum atomic E-state index is 12.7. The molecule has 0 aromatic heterocycles. The van der Waals surface area contributed by atoms with Crippen LogP contribution in [0, 0.1) is 0 Å². The Hall–Kier alpha value is -1.86. The quantitative estimate of drug-likeness (QED) is 0.802. The first-order valence-corrected chi connectivity index (χ1v) is 7.83. The summed E-state index contributed by atoms with van der Waals surface area (Å²) in [6.07, 6.45) is -4.41. The van der Waals surface area contributed by atoms with Crippen LogP contribution >= 0.6 is 15.9 Å². The fraction of sp³-hybridized carbons (Fsp3) is 0.235. The molecule has 7 heteroatoms. The van der Waals surface area contributed by atoms with E-state index < -0.39 is 17.7 Å². The zero-order valence-electron chi connectivity index (χ0n) is 12.7. The van der Waals surface area contributed by atoms with Crippen molar-refractivity contribution in [1.82, 2.24) is 0 Å². The fourth-order valence-corrected chi connectivity index (χ4v) is 2.50. The van der Waals surface area contributed by atoms with Gasteiger partial charge in [0, 0.05) is 4.47 Å². The van der Waals surface area contributed by atoms with Crippen molar-refractivity contribution in [2.24, 2.45) is 0 Å². The van der Waals surface area contributed by atoms with Crippen LogP contribution in [0.1, 0.15) is 18.1 Å². The number of anilines is 1. The van der Waals surface area contributed by atoms with Gasteiger partial charge in [-0.1, -0.05) is 36.4 Å².